The fraction of sp³-hybridized carbons (Fsp3) is 0.500. The molecule has 0 saturated heterocycles. The molecule has 0 amide bonds. The van der Waals surface area contributed by atoms with Gasteiger partial charge >= 0.3 is 0 Å². The van der Waals surface area contributed by atoms with E-state index in [1.165, 1.54) is 0 Å². The maximum Gasteiger partial charge on any atom is 0.162 e. The molecule has 0 aliphatic carbocycles. The number of hydrogen-bond acceptors (Lipinski definition) is 3. The van der Waals surface area contributed by atoms with E-state index >= 15 is 0 Å². The monoisotopic (exact) mass is 209 g/mol. The summed E-state index contributed by atoms with van der Waals surface area (Å²) in [5, 5.41) is 0. The van der Waals surface area contributed by atoms with Crippen LogP contribution in [0.1, 0.15) is 20.3 Å². The number of anilines is 1. The molecule has 0 saturated carbocycles. The van der Waals surface area contributed by atoms with Gasteiger partial charge in [-0.2, -0.15) is 0 Å². The largest absolute Gasteiger partial charge is 0.493 e. The number of hydrogen-bond donors (Lipinski definition) is 1. The number of benzene rings is 1. The minimum atomic E-state index is 0.548. The van der Waals surface area contributed by atoms with Crippen molar-refractivity contribution in [3.8, 4) is 11.5 Å². The molecule has 2 N–H and O–H groups in total. The summed E-state index contributed by atoms with van der Waals surface area (Å²) in [6.07, 6.45) is 1.11. The van der Waals surface area contributed by atoms with Gasteiger partial charge in [0.25, 0.3) is 0 Å². The Kier molecular flexibility index (Phi) is 4.28. The van der Waals surface area contributed by atoms with Crippen molar-refractivity contribution in [3.63, 3.8) is 0 Å². The van der Waals surface area contributed by atoms with E-state index < -0.39 is 0 Å². The molecule has 0 aliphatic heterocycles. The lowest BCUT2D eigenvalue weighted by Gasteiger charge is -2.13. The van der Waals surface area contributed by atoms with E-state index in [0.717, 1.165) is 12.2 Å². The summed E-state index contributed by atoms with van der Waals surface area (Å²) in [5.41, 5.74) is 6.33. The molecule has 0 radical (unpaired) electrons. The van der Waals surface area contributed by atoms with E-state index in [0.29, 0.717) is 24.0 Å². The highest BCUT2D eigenvalue weighted by atomic mass is 16.5. The SMILES string of the molecule is CCC(C)COc1ccc(N)cc1OC. The van der Waals surface area contributed by atoms with Crippen LogP contribution >= 0.6 is 0 Å². The standard InChI is InChI=1S/C12H19NO2/c1-4-9(2)8-15-11-6-5-10(13)7-12(11)14-3/h5-7,9H,4,8,13H2,1-3H3. The minimum absolute atomic E-state index is 0.548. The van der Waals surface area contributed by atoms with Crippen LogP contribution in [-0.4, -0.2) is 13.7 Å². The Bertz CT molecular complexity index is 312. The molecule has 0 aliphatic rings. The lowest BCUT2D eigenvalue weighted by Crippen LogP contribution is -2.08. The average molecular weight is 209 g/mol. The minimum Gasteiger partial charge on any atom is -0.493 e. The Morgan fingerprint density at radius 3 is 2.67 bits per heavy atom. The lowest BCUT2D eigenvalue weighted by atomic mass is 10.1. The second-order valence-electron chi connectivity index (χ2n) is 3.73. The third-order valence-electron chi connectivity index (χ3n) is 2.41. The van der Waals surface area contributed by atoms with Gasteiger partial charge in [-0.15, -0.1) is 0 Å². The van der Waals surface area contributed by atoms with Crippen molar-refractivity contribution in [1.82, 2.24) is 0 Å². The quantitative estimate of drug-likeness (QED) is 0.758. The number of methoxy groups -OCH3 is 1. The van der Waals surface area contributed by atoms with E-state index in [-0.39, 0.29) is 0 Å². The molecule has 84 valence electrons. The number of nitrogens with two attached hydrogens (primary N) is 1. The van der Waals surface area contributed by atoms with Crippen LogP contribution in [0.5, 0.6) is 11.5 Å². The summed E-state index contributed by atoms with van der Waals surface area (Å²) in [6, 6.07) is 5.43. The van der Waals surface area contributed by atoms with Gasteiger partial charge < -0.3 is 15.2 Å². The van der Waals surface area contributed by atoms with Crippen molar-refractivity contribution in [2.24, 2.45) is 5.92 Å². The summed E-state index contributed by atoms with van der Waals surface area (Å²) in [7, 11) is 1.62. The van der Waals surface area contributed by atoms with Crippen LogP contribution in [0.4, 0.5) is 5.69 Å². The first-order valence-corrected chi connectivity index (χ1v) is 5.23. The van der Waals surface area contributed by atoms with Gasteiger partial charge in [0.1, 0.15) is 0 Å². The lowest BCUT2D eigenvalue weighted by molar-refractivity contribution is 0.244. The fourth-order valence-electron chi connectivity index (χ4n) is 1.15. The summed E-state index contributed by atoms with van der Waals surface area (Å²) in [5.74, 6) is 2.00. The molecule has 0 bridgehead atoms. The second kappa shape index (κ2) is 5.49. The van der Waals surface area contributed by atoms with Gasteiger partial charge in [-0.25, -0.2) is 0 Å². The highest BCUT2D eigenvalue weighted by Gasteiger charge is 2.06. The zero-order chi connectivity index (χ0) is 11.3. The van der Waals surface area contributed by atoms with E-state index in [4.69, 9.17) is 15.2 Å². The van der Waals surface area contributed by atoms with Crippen molar-refractivity contribution in [2.45, 2.75) is 20.3 Å². The van der Waals surface area contributed by atoms with Gasteiger partial charge in [0.2, 0.25) is 0 Å². The molecule has 1 rings (SSSR count). The molecule has 0 fully saturated rings. The number of ether oxygens (including phenoxy) is 2. The molecular weight excluding hydrogens is 190 g/mol. The molecule has 0 heterocycles. The zero-order valence-corrected chi connectivity index (χ0v) is 9.62. The first-order valence-electron chi connectivity index (χ1n) is 5.23. The van der Waals surface area contributed by atoms with Gasteiger partial charge in [0, 0.05) is 11.8 Å². The van der Waals surface area contributed by atoms with E-state index in [9.17, 15) is 0 Å². The average Bonchev–Trinajstić information content (AvgIpc) is 2.26. The molecule has 0 spiro atoms. The summed E-state index contributed by atoms with van der Waals surface area (Å²) < 4.78 is 10.8. The summed E-state index contributed by atoms with van der Waals surface area (Å²) >= 11 is 0. The van der Waals surface area contributed by atoms with Gasteiger partial charge in [-0.3, -0.25) is 0 Å². The number of nitrogen functional groups attached to an aromatic ring is 1. The Morgan fingerprint density at radius 1 is 1.33 bits per heavy atom. The highest BCUT2D eigenvalue weighted by molar-refractivity contribution is 5.51. The molecule has 1 aromatic carbocycles. The third kappa shape index (κ3) is 3.35. The maximum absolute atomic E-state index is 5.66. The van der Waals surface area contributed by atoms with Crippen molar-refractivity contribution in [2.75, 3.05) is 19.5 Å². The predicted octanol–water partition coefficient (Wildman–Crippen LogP) is 2.70. The Balaban J connectivity index is 2.67. The maximum atomic E-state index is 5.66. The smallest absolute Gasteiger partial charge is 0.162 e. The van der Waals surface area contributed by atoms with E-state index in [2.05, 4.69) is 13.8 Å². The van der Waals surface area contributed by atoms with Crippen LogP contribution in [0.3, 0.4) is 0 Å². The van der Waals surface area contributed by atoms with Crippen LogP contribution in [0.25, 0.3) is 0 Å². The van der Waals surface area contributed by atoms with Gasteiger partial charge in [-0.05, 0) is 18.1 Å². The van der Waals surface area contributed by atoms with Gasteiger partial charge in [0.15, 0.2) is 11.5 Å². The first-order chi connectivity index (χ1) is 7.17. The summed E-state index contributed by atoms with van der Waals surface area (Å²) in [4.78, 5) is 0. The molecule has 1 aromatic rings. The molecular formula is C12H19NO2. The molecule has 1 unspecified atom stereocenters. The molecule has 3 heteroatoms. The topological polar surface area (TPSA) is 44.5 Å². The van der Waals surface area contributed by atoms with Crippen LogP contribution < -0.4 is 15.2 Å². The zero-order valence-electron chi connectivity index (χ0n) is 9.62. The normalized spacial score (nSPS) is 12.2. The van der Waals surface area contributed by atoms with Gasteiger partial charge in [0.05, 0.1) is 13.7 Å². The molecule has 15 heavy (non-hydrogen) atoms. The van der Waals surface area contributed by atoms with Gasteiger partial charge in [-0.1, -0.05) is 20.3 Å². The van der Waals surface area contributed by atoms with Crippen LogP contribution in [0.15, 0.2) is 18.2 Å². The fourth-order valence-corrected chi connectivity index (χ4v) is 1.15. The molecule has 1 atom stereocenters. The van der Waals surface area contributed by atoms with Crippen molar-refractivity contribution < 1.29 is 9.47 Å². The Labute approximate surface area is 91.2 Å². The highest BCUT2D eigenvalue weighted by Crippen LogP contribution is 2.29. The van der Waals surface area contributed by atoms with Crippen LogP contribution in [0.2, 0.25) is 0 Å². The molecule has 0 aromatic heterocycles. The predicted molar refractivity (Wildman–Crippen MR) is 62.4 cm³/mol. The first kappa shape index (κ1) is 11.7. The Morgan fingerprint density at radius 2 is 2.07 bits per heavy atom. The van der Waals surface area contributed by atoms with Crippen LogP contribution in [-0.2, 0) is 0 Å². The van der Waals surface area contributed by atoms with Crippen molar-refractivity contribution in [3.05, 3.63) is 18.2 Å². The Hall–Kier alpha value is -1.38. The second-order valence-corrected chi connectivity index (χ2v) is 3.73. The van der Waals surface area contributed by atoms with Crippen LogP contribution in [0, 0.1) is 5.92 Å². The summed E-state index contributed by atoms with van der Waals surface area (Å²) in [6.45, 7) is 5.01. The van der Waals surface area contributed by atoms with Crippen molar-refractivity contribution >= 4 is 5.69 Å². The van der Waals surface area contributed by atoms with E-state index in [1.807, 2.05) is 12.1 Å². The van der Waals surface area contributed by atoms with E-state index in [1.54, 1.807) is 13.2 Å². The molecule has 3 nitrogen and oxygen atoms in total. The third-order valence-corrected chi connectivity index (χ3v) is 2.41. The number of rotatable bonds is 5. The van der Waals surface area contributed by atoms with Crippen molar-refractivity contribution in [1.29, 1.82) is 0 Å².